The first kappa shape index (κ1) is 10.7. The first-order chi connectivity index (χ1) is 8.36. The van der Waals surface area contributed by atoms with Gasteiger partial charge in [-0.3, -0.25) is 4.98 Å². The lowest BCUT2D eigenvalue weighted by atomic mass is 9.94. The molecule has 2 nitrogen and oxygen atoms in total. The number of hydrogen-bond acceptors (Lipinski definition) is 2. The van der Waals surface area contributed by atoms with E-state index in [0.29, 0.717) is 6.04 Å². The van der Waals surface area contributed by atoms with Crippen molar-refractivity contribution in [2.24, 2.45) is 5.92 Å². The Morgan fingerprint density at radius 1 is 1.41 bits per heavy atom. The van der Waals surface area contributed by atoms with Gasteiger partial charge in [-0.05, 0) is 54.5 Å². The van der Waals surface area contributed by atoms with Crippen LogP contribution in [0.2, 0.25) is 0 Å². The topological polar surface area (TPSA) is 24.9 Å². The Balaban J connectivity index is 1.87. The molecule has 0 saturated carbocycles. The van der Waals surface area contributed by atoms with E-state index in [1.807, 2.05) is 18.5 Å². The first-order valence-corrected chi connectivity index (χ1v) is 6.39. The molecular formula is C15H18N2. The van der Waals surface area contributed by atoms with Crippen LogP contribution in [-0.2, 0) is 0 Å². The zero-order valence-corrected chi connectivity index (χ0v) is 10.0. The van der Waals surface area contributed by atoms with Crippen molar-refractivity contribution in [3.05, 3.63) is 42.2 Å². The summed E-state index contributed by atoms with van der Waals surface area (Å²) in [5.41, 5.74) is 3.82. The van der Waals surface area contributed by atoms with Crippen molar-refractivity contribution in [1.29, 1.82) is 0 Å². The van der Waals surface area contributed by atoms with E-state index < -0.39 is 0 Å². The number of hydrogen-bond donors (Lipinski definition) is 1. The molecule has 0 bridgehead atoms. The van der Waals surface area contributed by atoms with Gasteiger partial charge in [0.2, 0.25) is 0 Å². The smallest absolute Gasteiger partial charge is 0.0343 e. The zero-order valence-electron chi connectivity index (χ0n) is 10.0. The van der Waals surface area contributed by atoms with Crippen molar-refractivity contribution < 1.29 is 0 Å². The molecule has 88 valence electrons. The molecule has 0 aromatic carbocycles. The largest absolute Gasteiger partial charge is 0.313 e. The highest BCUT2D eigenvalue weighted by Gasteiger charge is 2.29. The molecule has 17 heavy (non-hydrogen) atoms. The van der Waals surface area contributed by atoms with Gasteiger partial charge >= 0.3 is 0 Å². The fourth-order valence-electron chi connectivity index (χ4n) is 2.92. The number of nitrogens with zero attached hydrogens (tertiary/aromatic N) is 1. The third-order valence-electron chi connectivity index (χ3n) is 3.86. The second-order valence-corrected chi connectivity index (χ2v) is 4.97. The van der Waals surface area contributed by atoms with Gasteiger partial charge in [-0.1, -0.05) is 18.7 Å². The second-order valence-electron chi connectivity index (χ2n) is 4.97. The molecule has 2 heteroatoms. The summed E-state index contributed by atoms with van der Waals surface area (Å²) < 4.78 is 0. The van der Waals surface area contributed by atoms with Crippen LogP contribution < -0.4 is 5.32 Å². The van der Waals surface area contributed by atoms with Gasteiger partial charge in [-0.2, -0.15) is 0 Å². The fourth-order valence-corrected chi connectivity index (χ4v) is 2.92. The molecule has 2 aliphatic rings. The monoisotopic (exact) mass is 226 g/mol. The van der Waals surface area contributed by atoms with Crippen molar-refractivity contribution in [3.63, 3.8) is 0 Å². The summed E-state index contributed by atoms with van der Waals surface area (Å²) in [5.74, 6) is 0.728. The van der Waals surface area contributed by atoms with E-state index in [-0.39, 0.29) is 0 Å². The maximum Gasteiger partial charge on any atom is 0.0343 e. The molecule has 1 aromatic heterocycles. The molecule has 0 amide bonds. The van der Waals surface area contributed by atoms with Crippen molar-refractivity contribution in [1.82, 2.24) is 10.3 Å². The highest BCUT2D eigenvalue weighted by Crippen LogP contribution is 2.35. The van der Waals surface area contributed by atoms with Crippen LogP contribution in [0.5, 0.6) is 0 Å². The standard InChI is InChI=1S/C15H18N2/c1-2-11-6-14(10-16-9-11)13-7-12-4-3-5-17-15(12)8-13/h2,6-7,9-10,12,15,17H,1,3-5,8H2. The Hall–Kier alpha value is -1.41. The van der Waals surface area contributed by atoms with Crippen molar-refractivity contribution in [2.45, 2.75) is 25.3 Å². The summed E-state index contributed by atoms with van der Waals surface area (Å²) in [4.78, 5) is 4.28. The van der Waals surface area contributed by atoms with Crippen molar-refractivity contribution >= 4 is 11.6 Å². The average molecular weight is 226 g/mol. The van der Waals surface area contributed by atoms with Crippen LogP contribution in [0.3, 0.4) is 0 Å². The Morgan fingerprint density at radius 3 is 3.18 bits per heavy atom. The normalized spacial score (nSPS) is 27.4. The summed E-state index contributed by atoms with van der Waals surface area (Å²) in [6, 6.07) is 2.84. The second kappa shape index (κ2) is 4.46. The quantitative estimate of drug-likeness (QED) is 0.838. The fraction of sp³-hybridized carbons (Fsp3) is 0.400. The van der Waals surface area contributed by atoms with E-state index in [0.717, 1.165) is 17.9 Å². The minimum atomic E-state index is 0.658. The number of rotatable bonds is 2. The third kappa shape index (κ3) is 2.05. The highest BCUT2D eigenvalue weighted by molar-refractivity contribution is 5.70. The Kier molecular flexibility index (Phi) is 2.81. The highest BCUT2D eigenvalue weighted by atomic mass is 14.9. The molecule has 2 unspecified atom stereocenters. The summed E-state index contributed by atoms with van der Waals surface area (Å²) in [5, 5.41) is 3.62. The van der Waals surface area contributed by atoms with Gasteiger partial charge in [0.05, 0.1) is 0 Å². The van der Waals surface area contributed by atoms with Crippen LogP contribution in [0, 0.1) is 5.92 Å². The lowest BCUT2D eigenvalue weighted by Gasteiger charge is -2.25. The van der Waals surface area contributed by atoms with E-state index in [4.69, 9.17) is 0 Å². The SMILES string of the molecule is C=Cc1cncc(C2=CC3CCCNC3C2)c1. The van der Waals surface area contributed by atoms with Gasteiger partial charge in [-0.15, -0.1) is 0 Å². The molecule has 0 radical (unpaired) electrons. The molecule has 1 fully saturated rings. The van der Waals surface area contributed by atoms with Crippen LogP contribution in [-0.4, -0.2) is 17.6 Å². The van der Waals surface area contributed by atoms with Crippen molar-refractivity contribution in [3.8, 4) is 0 Å². The van der Waals surface area contributed by atoms with Gasteiger partial charge < -0.3 is 5.32 Å². The van der Waals surface area contributed by atoms with E-state index >= 15 is 0 Å². The minimum Gasteiger partial charge on any atom is -0.313 e. The van der Waals surface area contributed by atoms with Crippen molar-refractivity contribution in [2.75, 3.05) is 6.54 Å². The summed E-state index contributed by atoms with van der Waals surface area (Å²) >= 11 is 0. The van der Waals surface area contributed by atoms with E-state index in [9.17, 15) is 0 Å². The molecule has 2 heterocycles. The van der Waals surface area contributed by atoms with Crippen LogP contribution >= 0.6 is 0 Å². The third-order valence-corrected chi connectivity index (χ3v) is 3.86. The first-order valence-electron chi connectivity index (χ1n) is 6.39. The summed E-state index contributed by atoms with van der Waals surface area (Å²) in [6.45, 7) is 4.97. The number of nitrogens with one attached hydrogen (secondary N) is 1. The zero-order chi connectivity index (χ0) is 11.7. The number of fused-ring (bicyclic) bond motifs is 1. The number of pyridine rings is 1. The van der Waals surface area contributed by atoms with Gasteiger partial charge in [0.1, 0.15) is 0 Å². The number of piperidine rings is 1. The Morgan fingerprint density at radius 2 is 2.35 bits per heavy atom. The van der Waals surface area contributed by atoms with Gasteiger partial charge in [0, 0.05) is 18.4 Å². The predicted molar refractivity (Wildman–Crippen MR) is 71.4 cm³/mol. The van der Waals surface area contributed by atoms with Crippen LogP contribution in [0.15, 0.2) is 31.1 Å². The Bertz CT molecular complexity index is 462. The lowest BCUT2D eigenvalue weighted by molar-refractivity contribution is 0.348. The number of aromatic nitrogens is 1. The van der Waals surface area contributed by atoms with Crippen LogP contribution in [0.25, 0.3) is 11.6 Å². The molecule has 1 N–H and O–H groups in total. The molecule has 1 aliphatic heterocycles. The maximum absolute atomic E-state index is 4.28. The van der Waals surface area contributed by atoms with Gasteiger partial charge in [-0.25, -0.2) is 0 Å². The molecule has 2 atom stereocenters. The van der Waals surface area contributed by atoms with E-state index in [1.165, 1.54) is 30.5 Å². The molecule has 1 saturated heterocycles. The van der Waals surface area contributed by atoms with E-state index in [1.54, 1.807) is 0 Å². The lowest BCUT2D eigenvalue weighted by Crippen LogP contribution is -2.37. The summed E-state index contributed by atoms with van der Waals surface area (Å²) in [6.07, 6.45) is 11.9. The average Bonchev–Trinajstić information content (AvgIpc) is 2.82. The molecule has 1 aromatic rings. The predicted octanol–water partition coefficient (Wildman–Crippen LogP) is 2.88. The maximum atomic E-state index is 4.28. The van der Waals surface area contributed by atoms with Gasteiger partial charge in [0.15, 0.2) is 0 Å². The molecule has 1 aliphatic carbocycles. The molecule has 3 rings (SSSR count). The summed E-state index contributed by atoms with van der Waals surface area (Å²) in [7, 11) is 0. The minimum absolute atomic E-state index is 0.658. The van der Waals surface area contributed by atoms with Crippen LogP contribution in [0.1, 0.15) is 30.4 Å². The Labute approximate surface area is 102 Å². The molecule has 0 spiro atoms. The molecular weight excluding hydrogens is 208 g/mol. The van der Waals surface area contributed by atoms with E-state index in [2.05, 4.69) is 29.0 Å². The van der Waals surface area contributed by atoms with Gasteiger partial charge in [0.25, 0.3) is 0 Å². The van der Waals surface area contributed by atoms with Crippen LogP contribution in [0.4, 0.5) is 0 Å².